The van der Waals surface area contributed by atoms with Gasteiger partial charge in [0.15, 0.2) is 11.5 Å². The molecular formula is C22H25N7O2. The van der Waals surface area contributed by atoms with Crippen LogP contribution in [0.1, 0.15) is 25.8 Å². The SMILES string of the molecule is CC(=O)N1CCC(C#Cc2cc(N3CCOC[C@H]3C)nc3c2cnn3-c2ccn[nH]2)C1. The lowest BCUT2D eigenvalue weighted by atomic mass is 10.1. The van der Waals surface area contributed by atoms with Gasteiger partial charge in [-0.05, 0) is 19.4 Å². The zero-order valence-electron chi connectivity index (χ0n) is 17.7. The minimum atomic E-state index is 0.111. The summed E-state index contributed by atoms with van der Waals surface area (Å²) in [6.45, 7) is 7.34. The molecule has 0 saturated carbocycles. The average Bonchev–Trinajstić information content (AvgIpc) is 3.52. The van der Waals surface area contributed by atoms with Gasteiger partial charge in [0.1, 0.15) is 5.82 Å². The van der Waals surface area contributed by atoms with Crippen molar-refractivity contribution in [3.05, 3.63) is 30.1 Å². The van der Waals surface area contributed by atoms with Gasteiger partial charge in [-0.1, -0.05) is 11.8 Å². The van der Waals surface area contributed by atoms with Crippen molar-refractivity contribution >= 4 is 22.8 Å². The molecule has 0 radical (unpaired) electrons. The van der Waals surface area contributed by atoms with E-state index in [9.17, 15) is 4.79 Å². The van der Waals surface area contributed by atoms with Crippen LogP contribution >= 0.6 is 0 Å². The summed E-state index contributed by atoms with van der Waals surface area (Å²) in [5.74, 6) is 8.68. The molecule has 3 aromatic rings. The Hall–Kier alpha value is -3.38. The third-order valence-electron chi connectivity index (χ3n) is 5.95. The number of morpholine rings is 1. The number of pyridine rings is 1. The van der Waals surface area contributed by atoms with E-state index in [-0.39, 0.29) is 17.9 Å². The molecule has 0 aliphatic carbocycles. The number of hydrogen-bond donors (Lipinski definition) is 1. The highest BCUT2D eigenvalue weighted by Gasteiger charge is 2.24. The third kappa shape index (κ3) is 3.75. The van der Waals surface area contributed by atoms with E-state index >= 15 is 0 Å². The number of carbonyl (C=O) groups is 1. The van der Waals surface area contributed by atoms with Crippen LogP contribution in [0.2, 0.25) is 0 Å². The van der Waals surface area contributed by atoms with Crippen molar-refractivity contribution in [3.8, 4) is 17.7 Å². The van der Waals surface area contributed by atoms with E-state index in [4.69, 9.17) is 9.72 Å². The van der Waals surface area contributed by atoms with Gasteiger partial charge in [0.2, 0.25) is 5.91 Å². The maximum absolute atomic E-state index is 11.6. The molecule has 0 spiro atoms. The predicted molar refractivity (Wildman–Crippen MR) is 116 cm³/mol. The molecule has 5 rings (SSSR count). The molecule has 0 aromatic carbocycles. The number of likely N-dealkylation sites (tertiary alicyclic amines) is 1. The van der Waals surface area contributed by atoms with E-state index in [2.05, 4.69) is 39.0 Å². The molecule has 160 valence electrons. The maximum Gasteiger partial charge on any atom is 0.219 e. The van der Waals surface area contributed by atoms with Crippen LogP contribution in [0.5, 0.6) is 0 Å². The number of nitrogens with one attached hydrogen (secondary N) is 1. The first-order valence-corrected chi connectivity index (χ1v) is 10.6. The van der Waals surface area contributed by atoms with Gasteiger partial charge in [0.05, 0.1) is 37.0 Å². The second kappa shape index (κ2) is 8.04. The van der Waals surface area contributed by atoms with Crippen LogP contribution in [0.15, 0.2) is 24.5 Å². The summed E-state index contributed by atoms with van der Waals surface area (Å²) in [6.07, 6.45) is 4.40. The maximum atomic E-state index is 11.6. The third-order valence-corrected chi connectivity index (χ3v) is 5.95. The number of amides is 1. The van der Waals surface area contributed by atoms with Crippen molar-refractivity contribution < 1.29 is 9.53 Å². The summed E-state index contributed by atoms with van der Waals surface area (Å²) in [5.41, 5.74) is 1.63. The fraction of sp³-hybridized carbons (Fsp3) is 0.455. The van der Waals surface area contributed by atoms with Gasteiger partial charge in [-0.2, -0.15) is 14.9 Å². The summed E-state index contributed by atoms with van der Waals surface area (Å²) >= 11 is 0. The Morgan fingerprint density at radius 1 is 1.35 bits per heavy atom. The topological polar surface area (TPSA) is 92.2 Å². The largest absolute Gasteiger partial charge is 0.377 e. The van der Waals surface area contributed by atoms with E-state index < -0.39 is 0 Å². The lowest BCUT2D eigenvalue weighted by molar-refractivity contribution is -0.127. The number of aromatic amines is 1. The Labute approximate surface area is 180 Å². The number of nitrogens with zero attached hydrogens (tertiary/aromatic N) is 6. The molecule has 1 N–H and O–H groups in total. The summed E-state index contributed by atoms with van der Waals surface area (Å²) in [6, 6.07) is 4.13. The van der Waals surface area contributed by atoms with Crippen LogP contribution in [-0.2, 0) is 9.53 Å². The van der Waals surface area contributed by atoms with Crippen molar-refractivity contribution in [2.24, 2.45) is 5.92 Å². The lowest BCUT2D eigenvalue weighted by Gasteiger charge is -2.34. The van der Waals surface area contributed by atoms with Crippen LogP contribution < -0.4 is 4.90 Å². The van der Waals surface area contributed by atoms with Crippen molar-refractivity contribution in [3.63, 3.8) is 0 Å². The lowest BCUT2D eigenvalue weighted by Crippen LogP contribution is -2.44. The summed E-state index contributed by atoms with van der Waals surface area (Å²) in [4.78, 5) is 20.7. The second-order valence-corrected chi connectivity index (χ2v) is 8.10. The molecule has 1 amide bonds. The monoisotopic (exact) mass is 419 g/mol. The van der Waals surface area contributed by atoms with Crippen LogP contribution in [0.3, 0.4) is 0 Å². The number of carbonyl (C=O) groups excluding carboxylic acids is 1. The zero-order valence-corrected chi connectivity index (χ0v) is 17.7. The van der Waals surface area contributed by atoms with Gasteiger partial charge in [0.25, 0.3) is 0 Å². The van der Waals surface area contributed by atoms with Crippen LogP contribution in [0, 0.1) is 17.8 Å². The molecule has 1 unspecified atom stereocenters. The number of aromatic nitrogens is 5. The highest BCUT2D eigenvalue weighted by atomic mass is 16.5. The number of ether oxygens (including phenoxy) is 1. The minimum Gasteiger partial charge on any atom is -0.377 e. The Kier molecular flexibility index (Phi) is 5.08. The summed E-state index contributed by atoms with van der Waals surface area (Å²) in [5, 5.41) is 12.4. The molecule has 9 nitrogen and oxygen atoms in total. The van der Waals surface area contributed by atoms with Crippen molar-refractivity contribution in [2.45, 2.75) is 26.3 Å². The van der Waals surface area contributed by atoms with Crippen LogP contribution in [0.4, 0.5) is 5.82 Å². The van der Waals surface area contributed by atoms with E-state index in [0.29, 0.717) is 19.8 Å². The number of H-pyrrole nitrogens is 1. The molecule has 0 bridgehead atoms. The zero-order chi connectivity index (χ0) is 21.4. The smallest absolute Gasteiger partial charge is 0.219 e. The predicted octanol–water partition coefficient (Wildman–Crippen LogP) is 1.59. The first-order chi connectivity index (χ1) is 15.1. The first-order valence-electron chi connectivity index (χ1n) is 10.6. The summed E-state index contributed by atoms with van der Waals surface area (Å²) in [7, 11) is 0. The normalized spacial score (nSPS) is 21.4. The van der Waals surface area contributed by atoms with Crippen molar-refractivity contribution in [1.29, 1.82) is 0 Å². The Bertz CT molecular complexity index is 1160. The number of rotatable bonds is 2. The van der Waals surface area contributed by atoms with E-state index in [0.717, 1.165) is 47.7 Å². The van der Waals surface area contributed by atoms with E-state index in [1.54, 1.807) is 24.0 Å². The number of fused-ring (bicyclic) bond motifs is 1. The Morgan fingerprint density at radius 2 is 2.26 bits per heavy atom. The minimum absolute atomic E-state index is 0.111. The highest BCUT2D eigenvalue weighted by Crippen LogP contribution is 2.26. The molecule has 2 aliphatic heterocycles. The number of anilines is 1. The van der Waals surface area contributed by atoms with Gasteiger partial charge >= 0.3 is 0 Å². The highest BCUT2D eigenvalue weighted by molar-refractivity contribution is 5.85. The van der Waals surface area contributed by atoms with Crippen LogP contribution in [0.25, 0.3) is 16.9 Å². The average molecular weight is 419 g/mol. The molecule has 2 fully saturated rings. The molecule has 5 heterocycles. The van der Waals surface area contributed by atoms with Crippen molar-refractivity contribution in [2.75, 3.05) is 37.7 Å². The van der Waals surface area contributed by atoms with Gasteiger partial charge in [-0.3, -0.25) is 9.89 Å². The van der Waals surface area contributed by atoms with Gasteiger partial charge in [0, 0.05) is 44.1 Å². The van der Waals surface area contributed by atoms with E-state index in [1.165, 1.54) is 0 Å². The summed E-state index contributed by atoms with van der Waals surface area (Å²) < 4.78 is 7.36. The molecular weight excluding hydrogens is 394 g/mol. The second-order valence-electron chi connectivity index (χ2n) is 8.10. The standard InChI is InChI=1S/C22H25N7O2/c1-15-14-31-10-9-28(15)21-11-18(4-3-17-6-8-27(13-17)16(2)30)19-12-24-29(22(19)25-21)20-5-7-23-26-20/h5,7,11-12,15,17H,6,8-10,13-14H2,1-2H3,(H,23,26)/t15-,17?/m1/s1. The molecule has 2 saturated heterocycles. The first kappa shape index (κ1) is 19.6. The molecule has 31 heavy (non-hydrogen) atoms. The fourth-order valence-electron chi connectivity index (χ4n) is 4.19. The molecule has 2 atom stereocenters. The van der Waals surface area contributed by atoms with Gasteiger partial charge in [-0.15, -0.1) is 0 Å². The molecule has 2 aliphatic rings. The van der Waals surface area contributed by atoms with Gasteiger partial charge < -0.3 is 14.5 Å². The van der Waals surface area contributed by atoms with Crippen LogP contribution in [-0.4, -0.2) is 74.7 Å². The fourth-order valence-corrected chi connectivity index (χ4v) is 4.19. The quantitative estimate of drug-likeness (QED) is 0.634. The molecule has 3 aromatic heterocycles. The Balaban J connectivity index is 1.57. The number of hydrogen-bond acceptors (Lipinski definition) is 6. The van der Waals surface area contributed by atoms with E-state index in [1.807, 2.05) is 17.0 Å². The molecule has 9 heteroatoms. The van der Waals surface area contributed by atoms with Crippen molar-refractivity contribution in [1.82, 2.24) is 29.9 Å². The van der Waals surface area contributed by atoms with Gasteiger partial charge in [-0.25, -0.2) is 4.98 Å². The Morgan fingerprint density at radius 3 is 3.00 bits per heavy atom.